The number of rotatable bonds is 8. The van der Waals surface area contributed by atoms with Crippen molar-refractivity contribution in [2.75, 3.05) is 13.7 Å². The van der Waals surface area contributed by atoms with Crippen LogP contribution in [0.25, 0.3) is 0 Å². The molecule has 3 rings (SSSR count). The van der Waals surface area contributed by atoms with Crippen molar-refractivity contribution < 1.29 is 9.53 Å². The van der Waals surface area contributed by atoms with E-state index in [2.05, 4.69) is 15.6 Å². The molecular weight excluding hydrogens is 350 g/mol. The minimum atomic E-state index is -0.158. The normalized spacial score (nSPS) is 12.8. The van der Waals surface area contributed by atoms with E-state index in [-0.39, 0.29) is 24.5 Å². The van der Waals surface area contributed by atoms with Crippen molar-refractivity contribution in [1.82, 2.24) is 15.6 Å². The highest BCUT2D eigenvalue weighted by molar-refractivity contribution is 5.78. The second-order valence-electron chi connectivity index (χ2n) is 6.51. The van der Waals surface area contributed by atoms with E-state index in [9.17, 15) is 4.79 Å². The number of ether oxygens (including phenoxy) is 1. The molecule has 0 radical (unpaired) electrons. The number of amides is 1. The van der Waals surface area contributed by atoms with E-state index in [1.54, 1.807) is 13.3 Å². The summed E-state index contributed by atoms with van der Waals surface area (Å²) in [6, 6.07) is 23.2. The number of carbonyl (C=O) groups is 1. The lowest BCUT2D eigenvalue weighted by Crippen LogP contribution is -2.37. The Bertz CT molecular complexity index is 845. The van der Waals surface area contributed by atoms with Crippen LogP contribution in [0.1, 0.15) is 35.8 Å². The SMILES string of the molecule is COc1ccccc1C(C)NC(=O)CNC(c1ccccc1)c1ccccn1. The predicted molar refractivity (Wildman–Crippen MR) is 110 cm³/mol. The summed E-state index contributed by atoms with van der Waals surface area (Å²) in [4.78, 5) is 17.0. The van der Waals surface area contributed by atoms with Gasteiger partial charge in [-0.2, -0.15) is 0 Å². The molecule has 3 aromatic rings. The number of methoxy groups -OCH3 is 1. The highest BCUT2D eigenvalue weighted by atomic mass is 16.5. The Hall–Kier alpha value is -3.18. The minimum absolute atomic E-state index is 0.0877. The molecule has 2 unspecified atom stereocenters. The van der Waals surface area contributed by atoms with Crippen LogP contribution < -0.4 is 15.4 Å². The summed E-state index contributed by atoms with van der Waals surface area (Å²) < 4.78 is 5.39. The molecule has 0 aliphatic carbocycles. The molecule has 5 heteroatoms. The fraction of sp³-hybridized carbons (Fsp3) is 0.217. The molecule has 0 spiro atoms. The van der Waals surface area contributed by atoms with Crippen molar-refractivity contribution in [1.29, 1.82) is 0 Å². The zero-order valence-electron chi connectivity index (χ0n) is 16.1. The molecule has 0 saturated carbocycles. The van der Waals surface area contributed by atoms with Gasteiger partial charge < -0.3 is 10.1 Å². The van der Waals surface area contributed by atoms with Crippen LogP contribution in [0, 0.1) is 0 Å². The molecule has 28 heavy (non-hydrogen) atoms. The van der Waals surface area contributed by atoms with Gasteiger partial charge in [-0.05, 0) is 30.7 Å². The average molecular weight is 375 g/mol. The second kappa shape index (κ2) is 9.67. The standard InChI is InChI=1S/C23H25N3O2/c1-17(19-12-6-7-14-21(19)28-2)26-22(27)16-25-23(18-10-4-3-5-11-18)20-13-8-9-15-24-20/h3-15,17,23,25H,16H2,1-2H3,(H,26,27). The molecule has 2 aromatic carbocycles. The molecular formula is C23H25N3O2. The molecule has 144 valence electrons. The van der Waals surface area contributed by atoms with Crippen molar-refractivity contribution in [2.24, 2.45) is 0 Å². The average Bonchev–Trinajstić information content (AvgIpc) is 2.75. The number of hydrogen-bond acceptors (Lipinski definition) is 4. The number of nitrogens with zero attached hydrogens (tertiary/aromatic N) is 1. The highest BCUT2D eigenvalue weighted by Crippen LogP contribution is 2.24. The summed E-state index contributed by atoms with van der Waals surface area (Å²) in [5, 5.41) is 6.36. The maximum Gasteiger partial charge on any atom is 0.234 e. The maximum absolute atomic E-state index is 12.6. The van der Waals surface area contributed by atoms with Gasteiger partial charge in [0.15, 0.2) is 0 Å². The molecule has 0 fully saturated rings. The maximum atomic E-state index is 12.6. The summed E-state index contributed by atoms with van der Waals surface area (Å²) in [6.07, 6.45) is 1.76. The largest absolute Gasteiger partial charge is 0.496 e. The number of para-hydroxylation sites is 1. The van der Waals surface area contributed by atoms with E-state index in [1.807, 2.05) is 79.7 Å². The lowest BCUT2D eigenvalue weighted by atomic mass is 10.0. The number of hydrogen-bond donors (Lipinski definition) is 2. The Morgan fingerprint density at radius 3 is 2.43 bits per heavy atom. The third kappa shape index (κ3) is 4.96. The number of carbonyl (C=O) groups excluding carboxylic acids is 1. The van der Waals surface area contributed by atoms with Gasteiger partial charge in [0.1, 0.15) is 5.75 Å². The third-order valence-corrected chi connectivity index (χ3v) is 4.57. The molecule has 1 aromatic heterocycles. The van der Waals surface area contributed by atoms with E-state index >= 15 is 0 Å². The molecule has 2 atom stereocenters. The van der Waals surface area contributed by atoms with Gasteiger partial charge in [0.2, 0.25) is 5.91 Å². The van der Waals surface area contributed by atoms with Gasteiger partial charge in [-0.15, -0.1) is 0 Å². The Morgan fingerprint density at radius 1 is 1.00 bits per heavy atom. The van der Waals surface area contributed by atoms with E-state index in [0.29, 0.717) is 0 Å². The van der Waals surface area contributed by atoms with E-state index in [0.717, 1.165) is 22.6 Å². The monoisotopic (exact) mass is 375 g/mol. The van der Waals surface area contributed by atoms with E-state index < -0.39 is 0 Å². The topological polar surface area (TPSA) is 63.2 Å². The molecule has 0 aliphatic rings. The van der Waals surface area contributed by atoms with Gasteiger partial charge in [-0.1, -0.05) is 54.6 Å². The van der Waals surface area contributed by atoms with E-state index in [4.69, 9.17) is 4.74 Å². The Balaban J connectivity index is 1.67. The van der Waals surface area contributed by atoms with Crippen molar-refractivity contribution >= 4 is 5.91 Å². The van der Waals surface area contributed by atoms with Gasteiger partial charge in [0.25, 0.3) is 0 Å². The van der Waals surface area contributed by atoms with Crippen LogP contribution in [0.5, 0.6) is 5.75 Å². The van der Waals surface area contributed by atoms with Crippen LogP contribution in [-0.2, 0) is 4.79 Å². The quantitative estimate of drug-likeness (QED) is 0.631. The van der Waals surface area contributed by atoms with Gasteiger partial charge in [0.05, 0.1) is 31.4 Å². The molecule has 0 aliphatic heterocycles. The second-order valence-corrected chi connectivity index (χ2v) is 6.51. The van der Waals surface area contributed by atoms with Crippen molar-refractivity contribution in [3.63, 3.8) is 0 Å². The first-order valence-corrected chi connectivity index (χ1v) is 9.30. The van der Waals surface area contributed by atoms with Crippen LogP contribution >= 0.6 is 0 Å². The lowest BCUT2D eigenvalue weighted by Gasteiger charge is -2.21. The van der Waals surface area contributed by atoms with Crippen molar-refractivity contribution in [3.8, 4) is 5.75 Å². The molecule has 1 heterocycles. The zero-order chi connectivity index (χ0) is 19.8. The Labute approximate surface area is 165 Å². The van der Waals surface area contributed by atoms with Gasteiger partial charge in [0, 0.05) is 11.8 Å². The fourth-order valence-corrected chi connectivity index (χ4v) is 3.17. The number of nitrogens with one attached hydrogen (secondary N) is 2. The zero-order valence-corrected chi connectivity index (χ0v) is 16.1. The molecule has 0 saturated heterocycles. The van der Waals surface area contributed by atoms with Crippen molar-refractivity contribution in [2.45, 2.75) is 19.0 Å². The number of pyridine rings is 1. The van der Waals surface area contributed by atoms with Crippen LogP contribution in [0.4, 0.5) is 0 Å². The first kappa shape index (κ1) is 19.6. The van der Waals surface area contributed by atoms with Crippen LogP contribution in [0.3, 0.4) is 0 Å². The number of aromatic nitrogens is 1. The number of benzene rings is 2. The first-order valence-electron chi connectivity index (χ1n) is 9.30. The van der Waals surface area contributed by atoms with Crippen LogP contribution in [0.2, 0.25) is 0 Å². The highest BCUT2D eigenvalue weighted by Gasteiger charge is 2.18. The summed E-state index contributed by atoms with van der Waals surface area (Å²) in [7, 11) is 1.63. The molecule has 0 bridgehead atoms. The molecule has 5 nitrogen and oxygen atoms in total. The smallest absolute Gasteiger partial charge is 0.234 e. The van der Waals surface area contributed by atoms with Crippen molar-refractivity contribution in [3.05, 3.63) is 95.8 Å². The summed E-state index contributed by atoms with van der Waals surface area (Å²) in [6.45, 7) is 2.12. The van der Waals surface area contributed by atoms with Crippen LogP contribution in [-0.4, -0.2) is 24.5 Å². The Morgan fingerprint density at radius 2 is 1.71 bits per heavy atom. The summed E-state index contributed by atoms with van der Waals surface area (Å²) >= 11 is 0. The Kier molecular flexibility index (Phi) is 6.76. The van der Waals surface area contributed by atoms with E-state index in [1.165, 1.54) is 0 Å². The van der Waals surface area contributed by atoms with Gasteiger partial charge >= 0.3 is 0 Å². The van der Waals surface area contributed by atoms with Gasteiger partial charge in [-0.3, -0.25) is 15.1 Å². The predicted octanol–water partition coefficient (Wildman–Crippen LogP) is 3.65. The van der Waals surface area contributed by atoms with Crippen LogP contribution in [0.15, 0.2) is 79.0 Å². The molecule has 1 amide bonds. The third-order valence-electron chi connectivity index (χ3n) is 4.57. The fourth-order valence-electron chi connectivity index (χ4n) is 3.17. The minimum Gasteiger partial charge on any atom is -0.496 e. The first-order chi connectivity index (χ1) is 13.7. The summed E-state index contributed by atoms with van der Waals surface area (Å²) in [5.74, 6) is 0.675. The van der Waals surface area contributed by atoms with Gasteiger partial charge in [-0.25, -0.2) is 0 Å². The molecule has 2 N–H and O–H groups in total. The summed E-state index contributed by atoms with van der Waals surface area (Å²) in [5.41, 5.74) is 2.88. The lowest BCUT2D eigenvalue weighted by molar-refractivity contribution is -0.121.